The van der Waals surface area contributed by atoms with Crippen LogP contribution in [0.4, 0.5) is 5.69 Å². The number of phenols is 1. The fourth-order valence-corrected chi connectivity index (χ4v) is 3.47. The second-order valence-corrected chi connectivity index (χ2v) is 7.02. The predicted molar refractivity (Wildman–Crippen MR) is 116 cm³/mol. The van der Waals surface area contributed by atoms with Crippen LogP contribution in [0.25, 0.3) is 33.1 Å². The highest BCUT2D eigenvalue weighted by molar-refractivity contribution is 6.06. The van der Waals surface area contributed by atoms with Gasteiger partial charge in [0.05, 0.1) is 11.0 Å². The third-order valence-corrected chi connectivity index (χ3v) is 4.95. The van der Waals surface area contributed by atoms with Crippen molar-refractivity contribution < 1.29 is 14.3 Å². The van der Waals surface area contributed by atoms with Crippen LogP contribution in [0.5, 0.6) is 5.75 Å². The summed E-state index contributed by atoms with van der Waals surface area (Å²) >= 11 is 0. The summed E-state index contributed by atoms with van der Waals surface area (Å²) in [4.78, 5) is 41.9. The van der Waals surface area contributed by atoms with Crippen LogP contribution in [0.3, 0.4) is 0 Å². The number of anilines is 1. The second-order valence-electron chi connectivity index (χ2n) is 7.02. The first-order chi connectivity index (χ1) is 15.0. The molecule has 8 heteroatoms. The van der Waals surface area contributed by atoms with Crippen LogP contribution in [-0.2, 0) is 0 Å². The van der Waals surface area contributed by atoms with Crippen molar-refractivity contribution in [3.8, 4) is 16.9 Å². The van der Waals surface area contributed by atoms with Gasteiger partial charge in [0.2, 0.25) is 0 Å². The lowest BCUT2D eigenvalue weighted by Crippen LogP contribution is -2.20. The van der Waals surface area contributed by atoms with E-state index >= 15 is 0 Å². The van der Waals surface area contributed by atoms with E-state index in [9.17, 15) is 19.5 Å². The van der Waals surface area contributed by atoms with Gasteiger partial charge in [0.15, 0.2) is 11.3 Å². The van der Waals surface area contributed by atoms with Gasteiger partial charge in [-0.3, -0.25) is 4.79 Å². The van der Waals surface area contributed by atoms with E-state index in [-0.39, 0.29) is 22.6 Å². The smallest absolute Gasteiger partial charge is 0.349 e. The zero-order valence-electron chi connectivity index (χ0n) is 15.9. The molecule has 0 fully saturated rings. The van der Waals surface area contributed by atoms with Crippen molar-refractivity contribution in [2.45, 2.75) is 0 Å². The van der Waals surface area contributed by atoms with Crippen LogP contribution < -0.4 is 16.6 Å². The fraction of sp³-hybridized carbons (Fsp3) is 0. The first-order valence-electron chi connectivity index (χ1n) is 9.37. The van der Waals surface area contributed by atoms with Gasteiger partial charge in [0.1, 0.15) is 5.56 Å². The van der Waals surface area contributed by atoms with E-state index in [4.69, 9.17) is 4.42 Å². The molecule has 0 saturated heterocycles. The molecule has 2 heterocycles. The first-order valence-corrected chi connectivity index (χ1v) is 9.37. The normalized spacial score (nSPS) is 11.1. The second kappa shape index (κ2) is 7.03. The molecule has 0 atom stereocenters. The minimum Gasteiger partial charge on any atom is -0.504 e. The fourth-order valence-electron chi connectivity index (χ4n) is 3.47. The molecule has 0 radical (unpaired) electrons. The van der Waals surface area contributed by atoms with E-state index in [1.54, 1.807) is 36.4 Å². The van der Waals surface area contributed by atoms with Gasteiger partial charge in [-0.25, -0.2) is 9.59 Å². The number of H-pyrrole nitrogens is 2. The lowest BCUT2D eigenvalue weighted by Gasteiger charge is -2.08. The number of fused-ring (bicyclic) bond motifs is 2. The van der Waals surface area contributed by atoms with Crippen LogP contribution in [0.2, 0.25) is 0 Å². The van der Waals surface area contributed by atoms with Gasteiger partial charge in [-0.2, -0.15) is 0 Å². The van der Waals surface area contributed by atoms with Crippen molar-refractivity contribution in [2.75, 3.05) is 5.32 Å². The lowest BCUT2D eigenvalue weighted by atomic mass is 10.0. The third-order valence-electron chi connectivity index (χ3n) is 4.95. The van der Waals surface area contributed by atoms with Crippen LogP contribution in [0.1, 0.15) is 10.4 Å². The molecule has 2 aromatic heterocycles. The highest BCUT2D eigenvalue weighted by atomic mass is 16.4. The Morgan fingerprint density at radius 1 is 0.871 bits per heavy atom. The van der Waals surface area contributed by atoms with Crippen LogP contribution >= 0.6 is 0 Å². The molecule has 8 nitrogen and oxygen atoms in total. The number of nitrogens with one attached hydrogen (secondary N) is 3. The molecule has 0 spiro atoms. The maximum atomic E-state index is 12.7. The maximum absolute atomic E-state index is 12.7. The van der Waals surface area contributed by atoms with E-state index < -0.39 is 11.5 Å². The monoisotopic (exact) mass is 413 g/mol. The third kappa shape index (κ3) is 3.36. The number of phenolic OH excluding ortho intramolecular Hbond substituents is 1. The Morgan fingerprint density at radius 2 is 1.65 bits per heavy atom. The van der Waals surface area contributed by atoms with Crippen LogP contribution in [0, 0.1) is 0 Å². The van der Waals surface area contributed by atoms with E-state index in [1.165, 1.54) is 12.1 Å². The molecular weight excluding hydrogens is 398 g/mol. The van der Waals surface area contributed by atoms with Crippen molar-refractivity contribution in [3.63, 3.8) is 0 Å². The van der Waals surface area contributed by atoms with Crippen molar-refractivity contribution in [1.82, 2.24) is 9.97 Å². The Kier molecular flexibility index (Phi) is 4.18. The molecule has 5 rings (SSSR count). The van der Waals surface area contributed by atoms with Gasteiger partial charge < -0.3 is 24.8 Å². The molecule has 0 saturated carbocycles. The highest BCUT2D eigenvalue weighted by Gasteiger charge is 2.15. The number of aromatic nitrogens is 2. The summed E-state index contributed by atoms with van der Waals surface area (Å²) in [6, 6.07) is 18.6. The number of para-hydroxylation sites is 1. The molecule has 3 aromatic carbocycles. The van der Waals surface area contributed by atoms with E-state index in [2.05, 4.69) is 15.3 Å². The summed E-state index contributed by atoms with van der Waals surface area (Å²) in [6.45, 7) is 0. The number of aromatic hydroxyl groups is 1. The number of rotatable bonds is 3. The van der Waals surface area contributed by atoms with Gasteiger partial charge in [-0.05, 0) is 47.5 Å². The quantitative estimate of drug-likeness (QED) is 0.336. The predicted octanol–water partition coefficient (Wildman–Crippen LogP) is 3.59. The number of benzene rings is 3. The maximum Gasteiger partial charge on any atom is 0.349 e. The summed E-state index contributed by atoms with van der Waals surface area (Å²) in [5.74, 6) is -0.795. The zero-order chi connectivity index (χ0) is 21.5. The van der Waals surface area contributed by atoms with Crippen molar-refractivity contribution >= 4 is 33.6 Å². The molecule has 0 bridgehead atoms. The molecular formula is C23H15N3O5. The van der Waals surface area contributed by atoms with Gasteiger partial charge in [0.25, 0.3) is 5.91 Å². The topological polar surface area (TPSA) is 128 Å². The SMILES string of the molecule is O=C(Nc1cccc(-c2ccc3[nH]c(=O)[nH]c3c2)c1)c1cc2cccc(O)c2oc1=O. The minimum atomic E-state index is -0.843. The van der Waals surface area contributed by atoms with Gasteiger partial charge in [0, 0.05) is 11.1 Å². The number of aromatic amines is 2. The minimum absolute atomic E-state index is 0.0317. The zero-order valence-corrected chi connectivity index (χ0v) is 15.9. The molecule has 0 aliphatic rings. The van der Waals surface area contributed by atoms with E-state index in [0.29, 0.717) is 22.1 Å². The highest BCUT2D eigenvalue weighted by Crippen LogP contribution is 2.26. The first kappa shape index (κ1) is 18.4. The largest absolute Gasteiger partial charge is 0.504 e. The van der Waals surface area contributed by atoms with Crippen molar-refractivity contribution in [2.24, 2.45) is 0 Å². The van der Waals surface area contributed by atoms with E-state index in [1.807, 2.05) is 18.2 Å². The molecule has 0 unspecified atom stereocenters. The van der Waals surface area contributed by atoms with Gasteiger partial charge >= 0.3 is 11.3 Å². The molecule has 4 N–H and O–H groups in total. The Balaban J connectivity index is 1.47. The molecule has 152 valence electrons. The lowest BCUT2D eigenvalue weighted by molar-refractivity contribution is 0.102. The number of carbonyl (C=O) groups excluding carboxylic acids is 1. The Morgan fingerprint density at radius 3 is 2.52 bits per heavy atom. The van der Waals surface area contributed by atoms with Crippen molar-refractivity contribution in [3.05, 3.63) is 93.2 Å². The summed E-state index contributed by atoms with van der Waals surface area (Å²) in [7, 11) is 0. The molecule has 0 aliphatic carbocycles. The molecule has 5 aromatic rings. The molecule has 31 heavy (non-hydrogen) atoms. The summed E-state index contributed by atoms with van der Waals surface area (Å²) < 4.78 is 5.12. The number of imidazole rings is 1. The average molecular weight is 413 g/mol. The number of hydrogen-bond donors (Lipinski definition) is 4. The average Bonchev–Trinajstić information content (AvgIpc) is 3.13. The number of carbonyl (C=O) groups is 1. The summed E-state index contributed by atoms with van der Waals surface area (Å²) in [5.41, 5.74) is 2.26. The number of hydrogen-bond acceptors (Lipinski definition) is 5. The van der Waals surface area contributed by atoms with Gasteiger partial charge in [-0.15, -0.1) is 0 Å². The summed E-state index contributed by atoms with van der Waals surface area (Å²) in [5, 5.41) is 13.0. The van der Waals surface area contributed by atoms with E-state index in [0.717, 1.165) is 11.1 Å². The Labute approximate surface area is 173 Å². The standard InChI is InChI=1S/C23H15N3O5/c27-19-6-2-4-14-10-16(22(29)31-20(14)19)21(28)24-15-5-1-3-12(9-15)13-7-8-17-18(11-13)26-23(30)25-17/h1-11,27H,(H,24,28)(H2,25,26,30). The van der Waals surface area contributed by atoms with Crippen LogP contribution in [-0.4, -0.2) is 21.0 Å². The molecule has 0 aliphatic heterocycles. The molecule has 1 amide bonds. The van der Waals surface area contributed by atoms with Crippen molar-refractivity contribution in [1.29, 1.82) is 0 Å². The Bertz CT molecular complexity index is 1590. The van der Waals surface area contributed by atoms with Crippen LogP contribution in [0.15, 0.2) is 80.7 Å². The van der Waals surface area contributed by atoms with Gasteiger partial charge in [-0.1, -0.05) is 30.3 Å². The Hall–Kier alpha value is -4.59. The summed E-state index contributed by atoms with van der Waals surface area (Å²) in [6.07, 6.45) is 0. The number of amides is 1.